The first-order valence-corrected chi connectivity index (χ1v) is 6.25. The molecular weight excluding hydrogens is 300 g/mol. The minimum atomic E-state index is -1.35. The molecule has 2 aromatic heterocycles. The summed E-state index contributed by atoms with van der Waals surface area (Å²) in [6.45, 7) is -0.0396. The van der Waals surface area contributed by atoms with Crippen LogP contribution < -0.4 is 5.73 Å². The minimum Gasteiger partial charge on any atom is -0.465 e. The molecule has 0 aliphatic carbocycles. The van der Waals surface area contributed by atoms with E-state index in [4.69, 9.17) is 10.5 Å². The third-order valence-electron chi connectivity index (χ3n) is 3.36. The quantitative estimate of drug-likeness (QED) is 0.446. The summed E-state index contributed by atoms with van der Waals surface area (Å²) in [6.07, 6.45) is -4.50. The van der Waals surface area contributed by atoms with Crippen LogP contribution in [0.3, 0.4) is 0 Å². The maximum atomic E-state index is 13.3. The number of aromatic nitrogens is 4. The largest absolute Gasteiger partial charge is 0.465 e. The molecule has 0 amide bonds. The Morgan fingerprint density at radius 2 is 2.23 bits per heavy atom. The van der Waals surface area contributed by atoms with E-state index in [1.165, 1.54) is 10.9 Å². The molecule has 1 saturated heterocycles. The first kappa shape index (κ1) is 14.6. The molecule has 118 valence electrons. The molecule has 3 rings (SSSR count). The van der Waals surface area contributed by atoms with E-state index in [-0.39, 0.29) is 30.1 Å². The van der Waals surface area contributed by atoms with Crippen LogP contribution in [0.15, 0.2) is 6.33 Å². The Labute approximate surface area is 122 Å². The average Bonchev–Trinajstić information content (AvgIpc) is 3.00. The summed E-state index contributed by atoms with van der Waals surface area (Å²) in [4.78, 5) is 21.1. The number of rotatable bonds is 4. The minimum absolute atomic E-state index is 0.0122. The Hall–Kier alpha value is -2.37. The number of nitrogen functional groups attached to an aromatic ring is 1. The van der Waals surface area contributed by atoms with Crippen LogP contribution in [0.5, 0.6) is 0 Å². The fourth-order valence-corrected chi connectivity index (χ4v) is 2.33. The van der Waals surface area contributed by atoms with Crippen LogP contribution in [0.25, 0.3) is 11.2 Å². The number of nitrogens with zero attached hydrogens (tertiary/aromatic N) is 4. The molecule has 0 unspecified atom stereocenters. The van der Waals surface area contributed by atoms with E-state index >= 15 is 0 Å². The number of halogens is 1. The van der Waals surface area contributed by atoms with Crippen LogP contribution >= 0.6 is 0 Å². The van der Waals surface area contributed by atoms with Crippen molar-refractivity contribution in [3.05, 3.63) is 12.4 Å². The highest BCUT2D eigenvalue weighted by molar-refractivity contribution is 5.81. The summed E-state index contributed by atoms with van der Waals surface area (Å²) >= 11 is 0. The zero-order chi connectivity index (χ0) is 15.9. The van der Waals surface area contributed by atoms with E-state index in [2.05, 4.69) is 19.7 Å². The van der Waals surface area contributed by atoms with Crippen LogP contribution in [0.4, 0.5) is 10.2 Å². The van der Waals surface area contributed by atoms with Crippen LogP contribution in [-0.4, -0.2) is 61.1 Å². The average molecular weight is 312 g/mol. The molecule has 4 N–H and O–H groups in total. The fourth-order valence-electron chi connectivity index (χ4n) is 2.33. The third-order valence-corrected chi connectivity index (χ3v) is 3.36. The number of fused-ring (bicyclic) bond motifs is 1. The molecule has 4 atom stereocenters. The Kier molecular flexibility index (Phi) is 3.60. The highest BCUT2D eigenvalue weighted by atomic mass is 18.2. The van der Waals surface area contributed by atoms with Crippen LogP contribution in [0.2, 0.25) is 0 Å². The molecular formula is C11H12FN5O5. The molecule has 1 fully saturated rings. The van der Waals surface area contributed by atoms with Crippen molar-refractivity contribution >= 4 is 23.5 Å². The van der Waals surface area contributed by atoms with E-state index in [9.17, 15) is 19.4 Å². The molecule has 11 heteroatoms. The maximum Gasteiger partial charge on any atom is 0.312 e. The maximum absolute atomic E-state index is 13.3. The van der Waals surface area contributed by atoms with Gasteiger partial charge in [0.2, 0.25) is 0 Å². The van der Waals surface area contributed by atoms with Crippen molar-refractivity contribution in [2.75, 3.05) is 12.3 Å². The molecule has 0 radical (unpaired) electrons. The number of imidazole rings is 1. The third kappa shape index (κ3) is 2.24. The van der Waals surface area contributed by atoms with Crippen LogP contribution in [0, 0.1) is 6.08 Å². The summed E-state index contributed by atoms with van der Waals surface area (Å²) in [5.74, 6) is -0.157. The smallest absolute Gasteiger partial charge is 0.312 e. The van der Waals surface area contributed by atoms with Gasteiger partial charge in [-0.2, -0.15) is 14.4 Å². The van der Waals surface area contributed by atoms with E-state index < -0.39 is 30.6 Å². The number of carbonyl (C=O) groups is 1. The highest BCUT2D eigenvalue weighted by Gasteiger charge is 2.44. The second kappa shape index (κ2) is 5.44. The predicted octanol–water partition coefficient (Wildman–Crippen LogP) is -1.66. The molecule has 3 heterocycles. The lowest BCUT2D eigenvalue weighted by Gasteiger charge is -2.16. The standard InChI is InChI=1S/C11H12FN5O5/c12-11-15-8(13)5-9(16-11)17(2-14-5)10-7(20)6(19)4(22-10)1-21-3-18/h2-4,6-7,10,19-20H,1H2,(H2,13,15,16)/t4-,6-,7+,10-/m1/s1/i12-1. The lowest BCUT2D eigenvalue weighted by molar-refractivity contribution is -0.135. The van der Waals surface area contributed by atoms with E-state index in [0.717, 1.165) is 0 Å². The number of hydrogen-bond acceptors (Lipinski definition) is 9. The van der Waals surface area contributed by atoms with Gasteiger partial charge in [0.25, 0.3) is 6.47 Å². The second-order valence-electron chi connectivity index (χ2n) is 4.68. The number of nitrogens with two attached hydrogens (primary N) is 1. The van der Waals surface area contributed by atoms with Crippen LogP contribution in [0.1, 0.15) is 6.23 Å². The molecule has 0 spiro atoms. The monoisotopic (exact) mass is 312 g/mol. The first-order valence-electron chi connectivity index (χ1n) is 6.25. The summed E-state index contributed by atoms with van der Waals surface area (Å²) in [5.41, 5.74) is 5.70. The number of aliphatic hydroxyl groups is 2. The number of ether oxygens (including phenoxy) is 2. The van der Waals surface area contributed by atoms with E-state index in [0.29, 0.717) is 0 Å². The van der Waals surface area contributed by atoms with Crippen molar-refractivity contribution in [3.8, 4) is 0 Å². The van der Waals surface area contributed by atoms with Gasteiger partial charge in [0, 0.05) is 0 Å². The molecule has 2 aromatic rings. The molecule has 1 aliphatic rings. The molecule has 22 heavy (non-hydrogen) atoms. The highest BCUT2D eigenvalue weighted by Crippen LogP contribution is 2.32. The Bertz CT molecular complexity index is 709. The summed E-state index contributed by atoms with van der Waals surface area (Å²) in [5, 5.41) is 20.0. The van der Waals surface area contributed by atoms with Gasteiger partial charge in [-0.1, -0.05) is 0 Å². The van der Waals surface area contributed by atoms with Gasteiger partial charge in [0.05, 0.1) is 6.33 Å². The SMILES string of the molecule is Nc1nc([18F])nc2c1ncn2[C@@H]1O[C@H](COC=O)[C@@H](O)[C@@H]1O. The second-order valence-corrected chi connectivity index (χ2v) is 4.68. The van der Waals surface area contributed by atoms with Crippen molar-refractivity contribution in [2.45, 2.75) is 24.5 Å². The van der Waals surface area contributed by atoms with Gasteiger partial charge in [-0.05, 0) is 0 Å². The van der Waals surface area contributed by atoms with Crippen molar-refractivity contribution in [3.63, 3.8) is 0 Å². The lowest BCUT2D eigenvalue weighted by Crippen LogP contribution is -2.33. The van der Waals surface area contributed by atoms with Gasteiger partial charge in [0.15, 0.2) is 23.2 Å². The predicted molar refractivity (Wildman–Crippen MR) is 67.6 cm³/mol. The van der Waals surface area contributed by atoms with Gasteiger partial charge < -0.3 is 25.4 Å². The van der Waals surface area contributed by atoms with Gasteiger partial charge in [0.1, 0.15) is 24.9 Å². The number of carbonyl (C=O) groups excluding carboxylic acids is 1. The Morgan fingerprint density at radius 1 is 1.45 bits per heavy atom. The number of aliphatic hydroxyl groups excluding tert-OH is 2. The first-order chi connectivity index (χ1) is 10.5. The molecule has 0 aromatic carbocycles. The van der Waals surface area contributed by atoms with Crippen molar-refractivity contribution in [2.24, 2.45) is 0 Å². The van der Waals surface area contributed by atoms with Gasteiger partial charge in [-0.3, -0.25) is 9.36 Å². The zero-order valence-corrected chi connectivity index (χ0v) is 11.0. The summed E-state index contributed by atoms with van der Waals surface area (Å²) in [6, 6.07) is 0. The van der Waals surface area contributed by atoms with Gasteiger partial charge in [-0.15, -0.1) is 0 Å². The Morgan fingerprint density at radius 3 is 2.95 bits per heavy atom. The molecule has 10 nitrogen and oxygen atoms in total. The summed E-state index contributed by atoms with van der Waals surface area (Å²) < 4.78 is 24.5. The summed E-state index contributed by atoms with van der Waals surface area (Å²) in [7, 11) is 0. The topological polar surface area (TPSA) is 146 Å². The number of anilines is 1. The normalized spacial score (nSPS) is 28.1. The Balaban J connectivity index is 1.96. The van der Waals surface area contributed by atoms with E-state index in [1.807, 2.05) is 0 Å². The zero-order valence-electron chi connectivity index (χ0n) is 11.0. The fraction of sp³-hybridized carbons (Fsp3) is 0.455. The van der Waals surface area contributed by atoms with Crippen molar-refractivity contribution in [1.82, 2.24) is 19.5 Å². The molecule has 0 saturated carbocycles. The number of hydrogen-bond donors (Lipinski definition) is 3. The van der Waals surface area contributed by atoms with Gasteiger partial charge >= 0.3 is 6.08 Å². The molecule has 1 aliphatic heterocycles. The van der Waals surface area contributed by atoms with E-state index in [1.54, 1.807) is 0 Å². The van der Waals surface area contributed by atoms with Crippen molar-refractivity contribution < 1.29 is 28.9 Å². The molecule has 0 bridgehead atoms. The van der Waals surface area contributed by atoms with Crippen molar-refractivity contribution in [1.29, 1.82) is 0 Å². The van der Waals surface area contributed by atoms with Gasteiger partial charge in [-0.25, -0.2) is 4.98 Å². The lowest BCUT2D eigenvalue weighted by atomic mass is 10.1. The van der Waals surface area contributed by atoms with Crippen LogP contribution in [-0.2, 0) is 14.3 Å².